The zero-order valence-electron chi connectivity index (χ0n) is 21.0. The lowest BCUT2D eigenvalue weighted by Crippen LogP contribution is -2.32. The summed E-state index contributed by atoms with van der Waals surface area (Å²) in [5, 5.41) is 20.4. The molecule has 0 saturated carbocycles. The highest BCUT2D eigenvalue weighted by Gasteiger charge is 2.15. The molecule has 4 aromatic rings. The monoisotopic (exact) mass is 534 g/mol. The fourth-order valence-electron chi connectivity index (χ4n) is 4.52. The standard InChI is InChI=1S/C29H31ClN4O4/c30-22-16-19(23-11-13-28(36)34-33-23)10-12-26(22)37-15-4-3-14-31-17-20(35)18-38-27-9-5-8-25-29(27)21-6-1-2-7-24(21)32-25/h1-2,5-10,12,16,20,31-32,35H,3-4,11,13-15,17-18H2,(H,34,36). The van der Waals surface area contributed by atoms with E-state index in [1.807, 2.05) is 54.6 Å². The van der Waals surface area contributed by atoms with Gasteiger partial charge in [0.25, 0.3) is 0 Å². The summed E-state index contributed by atoms with van der Waals surface area (Å²) < 4.78 is 11.8. The topological polar surface area (TPSA) is 108 Å². The molecule has 5 rings (SSSR count). The number of hydrogen-bond donors (Lipinski definition) is 4. The highest BCUT2D eigenvalue weighted by molar-refractivity contribution is 6.32. The Morgan fingerprint density at radius 2 is 1.87 bits per heavy atom. The van der Waals surface area contributed by atoms with Gasteiger partial charge in [-0.2, -0.15) is 5.10 Å². The average molecular weight is 535 g/mol. The van der Waals surface area contributed by atoms with Gasteiger partial charge in [-0.3, -0.25) is 4.79 Å². The molecule has 0 saturated heterocycles. The number of nitrogens with zero attached hydrogens (tertiary/aromatic N) is 1. The molecule has 2 heterocycles. The predicted octanol–water partition coefficient (Wildman–Crippen LogP) is 4.78. The van der Waals surface area contributed by atoms with Crippen LogP contribution in [0.4, 0.5) is 0 Å². The Morgan fingerprint density at radius 3 is 2.71 bits per heavy atom. The van der Waals surface area contributed by atoms with Gasteiger partial charge in [-0.15, -0.1) is 0 Å². The van der Waals surface area contributed by atoms with E-state index >= 15 is 0 Å². The van der Waals surface area contributed by atoms with Crippen molar-refractivity contribution in [3.05, 3.63) is 71.2 Å². The van der Waals surface area contributed by atoms with Crippen molar-refractivity contribution in [1.82, 2.24) is 15.7 Å². The molecule has 1 aliphatic heterocycles. The largest absolute Gasteiger partial charge is 0.492 e. The van der Waals surface area contributed by atoms with Crippen molar-refractivity contribution in [3.8, 4) is 11.5 Å². The SMILES string of the molecule is O=C1CCC(c2ccc(OCCCCNCC(O)COc3cccc4[nH]c5ccccc5c34)c(Cl)c2)=NN1. The van der Waals surface area contributed by atoms with E-state index in [9.17, 15) is 9.90 Å². The molecule has 0 aliphatic carbocycles. The van der Waals surface area contributed by atoms with E-state index < -0.39 is 6.10 Å². The Morgan fingerprint density at radius 1 is 1.00 bits per heavy atom. The number of aliphatic hydroxyl groups is 1. The minimum Gasteiger partial charge on any atom is -0.492 e. The Kier molecular flexibility index (Phi) is 8.43. The molecule has 0 fully saturated rings. The molecular formula is C29H31ClN4O4. The summed E-state index contributed by atoms with van der Waals surface area (Å²) >= 11 is 6.38. The highest BCUT2D eigenvalue weighted by Crippen LogP contribution is 2.33. The third-order valence-corrected chi connectivity index (χ3v) is 6.77. The van der Waals surface area contributed by atoms with Crippen LogP contribution in [-0.2, 0) is 4.79 Å². The molecule has 8 nitrogen and oxygen atoms in total. The molecule has 4 N–H and O–H groups in total. The van der Waals surface area contributed by atoms with Crippen molar-refractivity contribution in [2.75, 3.05) is 26.3 Å². The smallest absolute Gasteiger partial charge is 0.240 e. The summed E-state index contributed by atoms with van der Waals surface area (Å²) in [6.07, 6.45) is 2.14. The van der Waals surface area contributed by atoms with E-state index in [4.69, 9.17) is 21.1 Å². The fraction of sp³-hybridized carbons (Fsp3) is 0.310. The second-order valence-electron chi connectivity index (χ2n) is 9.31. The van der Waals surface area contributed by atoms with Crippen molar-refractivity contribution in [2.24, 2.45) is 5.10 Å². The predicted molar refractivity (Wildman–Crippen MR) is 150 cm³/mol. The summed E-state index contributed by atoms with van der Waals surface area (Å²) in [6.45, 7) is 1.96. The first-order chi connectivity index (χ1) is 18.6. The Hall–Kier alpha value is -3.59. The number of carbonyl (C=O) groups excluding carboxylic acids is 1. The number of aromatic nitrogens is 1. The summed E-state index contributed by atoms with van der Waals surface area (Å²) in [5.41, 5.74) is 6.28. The molecule has 1 atom stereocenters. The average Bonchev–Trinajstić information content (AvgIpc) is 3.32. The van der Waals surface area contributed by atoms with E-state index in [-0.39, 0.29) is 12.5 Å². The fourth-order valence-corrected chi connectivity index (χ4v) is 4.75. The molecule has 1 amide bonds. The lowest BCUT2D eigenvalue weighted by atomic mass is 10.0. The number of aromatic amines is 1. The van der Waals surface area contributed by atoms with E-state index in [0.29, 0.717) is 36.8 Å². The number of amides is 1. The molecule has 0 radical (unpaired) electrons. The number of halogens is 1. The number of unbranched alkanes of at least 4 members (excludes halogenated alkanes) is 1. The van der Waals surface area contributed by atoms with Gasteiger partial charge in [-0.25, -0.2) is 5.43 Å². The second kappa shape index (κ2) is 12.3. The number of rotatable bonds is 12. The summed E-state index contributed by atoms with van der Waals surface area (Å²) in [6, 6.07) is 19.6. The van der Waals surface area contributed by atoms with Gasteiger partial charge in [0.15, 0.2) is 0 Å². The van der Waals surface area contributed by atoms with Crippen LogP contribution in [0, 0.1) is 0 Å². The maximum Gasteiger partial charge on any atom is 0.240 e. The van der Waals surface area contributed by atoms with Crippen LogP contribution in [0.15, 0.2) is 65.8 Å². The maximum atomic E-state index is 11.3. The minimum absolute atomic E-state index is 0.0727. The minimum atomic E-state index is -0.619. The van der Waals surface area contributed by atoms with E-state index in [1.165, 1.54) is 0 Å². The van der Waals surface area contributed by atoms with Gasteiger partial charge >= 0.3 is 0 Å². The van der Waals surface area contributed by atoms with Crippen molar-refractivity contribution < 1.29 is 19.4 Å². The molecule has 1 aromatic heterocycles. The number of para-hydroxylation sites is 1. The van der Waals surface area contributed by atoms with Gasteiger partial charge in [0.1, 0.15) is 24.2 Å². The van der Waals surface area contributed by atoms with E-state index in [0.717, 1.165) is 58.2 Å². The lowest BCUT2D eigenvalue weighted by molar-refractivity contribution is -0.121. The normalized spacial score (nSPS) is 14.4. The summed E-state index contributed by atoms with van der Waals surface area (Å²) in [7, 11) is 0. The van der Waals surface area contributed by atoms with Crippen LogP contribution in [0.1, 0.15) is 31.2 Å². The van der Waals surface area contributed by atoms with Crippen LogP contribution in [0.3, 0.4) is 0 Å². The first-order valence-electron chi connectivity index (χ1n) is 12.9. The molecule has 38 heavy (non-hydrogen) atoms. The Bertz CT molecular complexity index is 1450. The van der Waals surface area contributed by atoms with E-state index in [1.54, 1.807) is 0 Å². The molecule has 9 heteroatoms. The number of carbonyl (C=O) groups is 1. The number of H-pyrrole nitrogens is 1. The van der Waals surface area contributed by atoms with Gasteiger partial charge < -0.3 is 24.9 Å². The van der Waals surface area contributed by atoms with E-state index in [2.05, 4.69) is 26.9 Å². The molecule has 0 bridgehead atoms. The zero-order valence-corrected chi connectivity index (χ0v) is 21.8. The number of ether oxygens (including phenoxy) is 2. The molecule has 1 aliphatic rings. The van der Waals surface area contributed by atoms with Gasteiger partial charge in [-0.1, -0.05) is 35.9 Å². The lowest BCUT2D eigenvalue weighted by Gasteiger charge is -2.15. The van der Waals surface area contributed by atoms with Gasteiger partial charge in [0.2, 0.25) is 5.91 Å². The number of fused-ring (bicyclic) bond motifs is 3. The molecule has 1 unspecified atom stereocenters. The van der Waals surface area contributed by atoms with Crippen LogP contribution in [0.25, 0.3) is 21.8 Å². The quantitative estimate of drug-likeness (QED) is 0.196. The van der Waals surface area contributed by atoms with Crippen LogP contribution in [0.2, 0.25) is 5.02 Å². The number of benzene rings is 3. The van der Waals surface area contributed by atoms with Gasteiger partial charge in [0, 0.05) is 35.7 Å². The summed E-state index contributed by atoms with van der Waals surface area (Å²) in [4.78, 5) is 14.7. The van der Waals surface area contributed by atoms with Crippen molar-refractivity contribution in [1.29, 1.82) is 0 Å². The zero-order chi connectivity index (χ0) is 26.3. The van der Waals surface area contributed by atoms with Crippen LogP contribution < -0.4 is 20.2 Å². The second-order valence-corrected chi connectivity index (χ2v) is 9.72. The maximum absolute atomic E-state index is 11.3. The van der Waals surface area contributed by atoms with Crippen molar-refractivity contribution in [3.63, 3.8) is 0 Å². The van der Waals surface area contributed by atoms with Crippen molar-refractivity contribution >= 4 is 45.0 Å². The number of hydrogen-bond acceptors (Lipinski definition) is 6. The number of aliphatic hydroxyl groups excluding tert-OH is 1. The Labute approximate surface area is 226 Å². The van der Waals surface area contributed by atoms with Crippen molar-refractivity contribution in [2.45, 2.75) is 31.8 Å². The molecule has 3 aromatic carbocycles. The van der Waals surface area contributed by atoms with Crippen LogP contribution in [-0.4, -0.2) is 54.1 Å². The first-order valence-corrected chi connectivity index (χ1v) is 13.3. The third kappa shape index (κ3) is 6.27. The van der Waals surface area contributed by atoms with Gasteiger partial charge in [-0.05, 0) is 61.3 Å². The van der Waals surface area contributed by atoms with Crippen LogP contribution in [0.5, 0.6) is 11.5 Å². The third-order valence-electron chi connectivity index (χ3n) is 6.48. The summed E-state index contributed by atoms with van der Waals surface area (Å²) in [5.74, 6) is 1.32. The molecular weight excluding hydrogens is 504 g/mol. The highest BCUT2D eigenvalue weighted by atomic mass is 35.5. The first kappa shape index (κ1) is 26.0. The Balaban J connectivity index is 0.997. The number of hydrazone groups is 1. The molecule has 0 spiro atoms. The number of nitrogens with one attached hydrogen (secondary N) is 3. The van der Waals surface area contributed by atoms with Gasteiger partial charge in [0.05, 0.1) is 22.9 Å². The molecule has 198 valence electrons. The van der Waals surface area contributed by atoms with Crippen LogP contribution >= 0.6 is 11.6 Å².